The van der Waals surface area contributed by atoms with Gasteiger partial charge in [0, 0.05) is 11.6 Å². The van der Waals surface area contributed by atoms with E-state index in [4.69, 9.17) is 0 Å². The van der Waals surface area contributed by atoms with Gasteiger partial charge in [-0.3, -0.25) is 4.31 Å². The average molecular weight is 395 g/mol. The van der Waals surface area contributed by atoms with Gasteiger partial charge in [-0.25, -0.2) is 26.0 Å². The summed E-state index contributed by atoms with van der Waals surface area (Å²) in [5, 5.41) is 0. The quantitative estimate of drug-likeness (QED) is 0.591. The second-order valence-corrected chi connectivity index (χ2v) is 7.54. The first-order valence-corrected chi connectivity index (χ1v) is 9.19. The Bertz CT molecular complexity index is 1050. The van der Waals surface area contributed by atoms with E-state index in [-0.39, 0.29) is 16.1 Å². The maximum atomic E-state index is 14.1. The van der Waals surface area contributed by atoms with Crippen LogP contribution in [0.25, 0.3) is 0 Å². The zero-order chi connectivity index (χ0) is 19.6. The summed E-state index contributed by atoms with van der Waals surface area (Å²) in [6.07, 6.45) is 0. The number of benzene rings is 3. The SMILES string of the molecule is O=S(=O)(c1ccc(F)cc1)N(Cc1ccc(F)cc1F)c1ccc(F)cc1. The molecule has 0 amide bonds. The molecule has 3 aromatic rings. The van der Waals surface area contributed by atoms with Crippen molar-refractivity contribution in [1.29, 1.82) is 0 Å². The first-order valence-electron chi connectivity index (χ1n) is 7.75. The van der Waals surface area contributed by atoms with Crippen molar-refractivity contribution in [2.45, 2.75) is 11.4 Å². The largest absolute Gasteiger partial charge is 0.264 e. The van der Waals surface area contributed by atoms with E-state index in [0.717, 1.165) is 52.8 Å². The van der Waals surface area contributed by atoms with Gasteiger partial charge in [0.25, 0.3) is 10.0 Å². The van der Waals surface area contributed by atoms with Crippen molar-refractivity contribution in [1.82, 2.24) is 0 Å². The minimum atomic E-state index is -4.23. The highest BCUT2D eigenvalue weighted by Gasteiger charge is 2.26. The van der Waals surface area contributed by atoms with Crippen LogP contribution in [0, 0.1) is 23.3 Å². The molecule has 0 aromatic heterocycles. The number of hydrogen-bond acceptors (Lipinski definition) is 2. The molecule has 140 valence electrons. The Hall–Kier alpha value is -2.87. The van der Waals surface area contributed by atoms with Crippen molar-refractivity contribution >= 4 is 15.7 Å². The van der Waals surface area contributed by atoms with E-state index in [1.165, 1.54) is 12.1 Å². The van der Waals surface area contributed by atoms with Crippen LogP contribution in [0.1, 0.15) is 5.56 Å². The Balaban J connectivity index is 2.09. The van der Waals surface area contributed by atoms with Gasteiger partial charge in [0.2, 0.25) is 0 Å². The van der Waals surface area contributed by atoms with E-state index in [9.17, 15) is 26.0 Å². The predicted molar refractivity (Wildman–Crippen MR) is 92.5 cm³/mol. The van der Waals surface area contributed by atoms with Gasteiger partial charge in [0.15, 0.2) is 0 Å². The van der Waals surface area contributed by atoms with Crippen LogP contribution in [-0.4, -0.2) is 8.42 Å². The lowest BCUT2D eigenvalue weighted by Gasteiger charge is -2.25. The highest BCUT2D eigenvalue weighted by molar-refractivity contribution is 7.92. The minimum Gasteiger partial charge on any atom is -0.262 e. The second-order valence-electron chi connectivity index (χ2n) is 5.68. The minimum absolute atomic E-state index is 0.0736. The second kappa shape index (κ2) is 7.40. The fraction of sp³-hybridized carbons (Fsp3) is 0.0526. The first kappa shape index (κ1) is 18.9. The molecule has 0 aliphatic carbocycles. The Kier molecular flexibility index (Phi) is 5.18. The van der Waals surface area contributed by atoms with Crippen LogP contribution in [0.15, 0.2) is 71.6 Å². The van der Waals surface area contributed by atoms with Crippen LogP contribution in [-0.2, 0) is 16.6 Å². The molecule has 0 aliphatic heterocycles. The van der Waals surface area contributed by atoms with Crippen molar-refractivity contribution in [3.8, 4) is 0 Å². The smallest absolute Gasteiger partial charge is 0.262 e. The molecular weight excluding hydrogens is 382 g/mol. The molecule has 3 aromatic carbocycles. The first-order chi connectivity index (χ1) is 12.8. The number of anilines is 1. The molecule has 27 heavy (non-hydrogen) atoms. The van der Waals surface area contributed by atoms with Gasteiger partial charge in [-0.05, 0) is 54.6 Å². The molecule has 0 spiro atoms. The lowest BCUT2D eigenvalue weighted by atomic mass is 10.2. The fourth-order valence-electron chi connectivity index (χ4n) is 2.46. The van der Waals surface area contributed by atoms with Crippen molar-refractivity contribution in [2.75, 3.05) is 4.31 Å². The molecule has 0 bridgehead atoms. The van der Waals surface area contributed by atoms with E-state index < -0.39 is 39.8 Å². The van der Waals surface area contributed by atoms with E-state index in [0.29, 0.717) is 6.07 Å². The lowest BCUT2D eigenvalue weighted by molar-refractivity contribution is 0.568. The summed E-state index contributed by atoms with van der Waals surface area (Å²) >= 11 is 0. The highest BCUT2D eigenvalue weighted by atomic mass is 32.2. The average Bonchev–Trinajstić information content (AvgIpc) is 2.62. The molecule has 0 fully saturated rings. The zero-order valence-electron chi connectivity index (χ0n) is 13.7. The van der Waals surface area contributed by atoms with E-state index >= 15 is 0 Å². The predicted octanol–water partition coefficient (Wildman–Crippen LogP) is 4.64. The van der Waals surface area contributed by atoms with Crippen LogP contribution in [0.4, 0.5) is 23.2 Å². The monoisotopic (exact) mass is 395 g/mol. The van der Waals surface area contributed by atoms with Crippen molar-refractivity contribution < 1.29 is 26.0 Å². The standard InChI is InChI=1S/C19H13F4NO2S/c20-14-3-7-17(8-4-14)24(12-13-1-2-16(22)11-19(13)23)27(25,26)18-9-5-15(21)6-10-18/h1-11H,12H2. The Morgan fingerprint density at radius 3 is 1.78 bits per heavy atom. The molecular formula is C19H13F4NO2S. The number of sulfonamides is 1. The highest BCUT2D eigenvalue weighted by Crippen LogP contribution is 2.27. The molecule has 0 atom stereocenters. The van der Waals surface area contributed by atoms with Gasteiger partial charge >= 0.3 is 0 Å². The van der Waals surface area contributed by atoms with Crippen molar-refractivity contribution in [3.05, 3.63) is 95.6 Å². The third-order valence-corrected chi connectivity index (χ3v) is 5.63. The van der Waals surface area contributed by atoms with Gasteiger partial charge in [-0.15, -0.1) is 0 Å². The van der Waals surface area contributed by atoms with Crippen LogP contribution in [0.3, 0.4) is 0 Å². The Labute approximate surface area is 153 Å². The molecule has 3 nitrogen and oxygen atoms in total. The molecule has 0 N–H and O–H groups in total. The number of halogens is 4. The van der Waals surface area contributed by atoms with Crippen LogP contribution in [0.2, 0.25) is 0 Å². The summed E-state index contributed by atoms with van der Waals surface area (Å²) < 4.78 is 80.5. The number of rotatable bonds is 5. The lowest BCUT2D eigenvalue weighted by Crippen LogP contribution is -2.31. The van der Waals surface area contributed by atoms with Gasteiger partial charge < -0.3 is 0 Å². The summed E-state index contributed by atoms with van der Waals surface area (Å²) in [7, 11) is -4.23. The van der Waals surface area contributed by atoms with E-state index in [1.807, 2.05) is 0 Å². The van der Waals surface area contributed by atoms with Gasteiger partial charge in [0.05, 0.1) is 17.1 Å². The van der Waals surface area contributed by atoms with Gasteiger partial charge in [-0.1, -0.05) is 6.07 Å². The number of nitrogens with zero attached hydrogens (tertiary/aromatic N) is 1. The van der Waals surface area contributed by atoms with E-state index in [2.05, 4.69) is 0 Å². The summed E-state index contributed by atoms with van der Waals surface area (Å²) in [4.78, 5) is -0.226. The zero-order valence-corrected chi connectivity index (χ0v) is 14.6. The molecule has 8 heteroatoms. The van der Waals surface area contributed by atoms with Crippen LogP contribution in [0.5, 0.6) is 0 Å². The molecule has 0 heterocycles. The van der Waals surface area contributed by atoms with E-state index in [1.54, 1.807) is 0 Å². The Morgan fingerprint density at radius 1 is 0.704 bits per heavy atom. The van der Waals surface area contributed by atoms with Crippen molar-refractivity contribution in [2.24, 2.45) is 0 Å². The van der Waals surface area contributed by atoms with Crippen LogP contribution >= 0.6 is 0 Å². The molecule has 3 rings (SSSR count). The summed E-state index contributed by atoms with van der Waals surface area (Å²) in [5.41, 5.74) is -0.00383. The molecule has 0 aliphatic rings. The topological polar surface area (TPSA) is 37.4 Å². The summed E-state index contributed by atoms with van der Waals surface area (Å²) in [5.74, 6) is -2.92. The normalized spacial score (nSPS) is 11.4. The fourth-order valence-corrected chi connectivity index (χ4v) is 3.90. The Morgan fingerprint density at radius 2 is 1.22 bits per heavy atom. The third-order valence-electron chi connectivity index (χ3n) is 3.85. The molecule has 0 saturated carbocycles. The van der Waals surface area contributed by atoms with Gasteiger partial charge in [0.1, 0.15) is 23.3 Å². The third kappa shape index (κ3) is 4.11. The van der Waals surface area contributed by atoms with Crippen molar-refractivity contribution in [3.63, 3.8) is 0 Å². The summed E-state index contributed by atoms with van der Waals surface area (Å²) in [6, 6.07) is 11.4. The molecule has 0 unspecified atom stereocenters. The maximum Gasteiger partial charge on any atom is 0.264 e. The molecule has 0 radical (unpaired) electrons. The summed E-state index contributed by atoms with van der Waals surface area (Å²) in [6.45, 7) is -0.461. The molecule has 0 saturated heterocycles. The van der Waals surface area contributed by atoms with Crippen LogP contribution < -0.4 is 4.31 Å². The number of hydrogen-bond donors (Lipinski definition) is 0. The maximum absolute atomic E-state index is 14.1. The van der Waals surface area contributed by atoms with Gasteiger partial charge in [-0.2, -0.15) is 0 Å².